The average Bonchev–Trinajstić information content (AvgIpc) is 3.01. The number of carbonyl (C=O) groups is 1. The van der Waals surface area contributed by atoms with Gasteiger partial charge in [-0.1, -0.05) is 30.3 Å². The largest absolute Gasteiger partial charge is 0.467 e. The van der Waals surface area contributed by atoms with E-state index in [0.717, 1.165) is 5.56 Å². The summed E-state index contributed by atoms with van der Waals surface area (Å²) in [5.74, 6) is 0.530. The van der Waals surface area contributed by atoms with Gasteiger partial charge in [0.05, 0.1) is 12.8 Å². The van der Waals surface area contributed by atoms with Crippen molar-refractivity contribution in [3.8, 4) is 0 Å². The number of furan rings is 1. The van der Waals surface area contributed by atoms with Crippen LogP contribution in [-0.2, 0) is 9.53 Å². The highest BCUT2D eigenvalue weighted by Gasteiger charge is 2.13. The molecule has 104 valence electrons. The van der Waals surface area contributed by atoms with Crippen molar-refractivity contribution in [2.45, 2.75) is 6.10 Å². The van der Waals surface area contributed by atoms with Crippen molar-refractivity contribution in [1.82, 2.24) is 5.32 Å². The van der Waals surface area contributed by atoms with Gasteiger partial charge in [-0.2, -0.15) is 0 Å². The Bertz CT molecular complexity index is 546. The first-order chi connectivity index (χ1) is 9.79. The van der Waals surface area contributed by atoms with Gasteiger partial charge >= 0.3 is 0 Å². The maximum atomic E-state index is 11.7. The van der Waals surface area contributed by atoms with Crippen LogP contribution in [0.1, 0.15) is 17.4 Å². The molecule has 0 saturated heterocycles. The van der Waals surface area contributed by atoms with Crippen LogP contribution in [0.25, 0.3) is 6.08 Å². The van der Waals surface area contributed by atoms with Crippen LogP contribution in [0.4, 0.5) is 0 Å². The number of amides is 1. The Morgan fingerprint density at radius 1 is 1.30 bits per heavy atom. The van der Waals surface area contributed by atoms with E-state index in [-0.39, 0.29) is 12.0 Å². The van der Waals surface area contributed by atoms with Crippen molar-refractivity contribution < 1.29 is 13.9 Å². The van der Waals surface area contributed by atoms with Gasteiger partial charge in [0.2, 0.25) is 5.91 Å². The third-order valence-corrected chi connectivity index (χ3v) is 2.83. The van der Waals surface area contributed by atoms with Crippen LogP contribution in [0, 0.1) is 0 Å². The molecule has 1 aromatic carbocycles. The molecular formula is C16H17NO3. The molecule has 0 radical (unpaired) electrons. The van der Waals surface area contributed by atoms with E-state index < -0.39 is 0 Å². The summed E-state index contributed by atoms with van der Waals surface area (Å²) >= 11 is 0. The lowest BCUT2D eigenvalue weighted by atomic mass is 10.2. The molecule has 0 aliphatic heterocycles. The quantitative estimate of drug-likeness (QED) is 0.822. The first-order valence-electron chi connectivity index (χ1n) is 6.37. The van der Waals surface area contributed by atoms with Gasteiger partial charge in [0.15, 0.2) is 0 Å². The smallest absolute Gasteiger partial charge is 0.244 e. The Labute approximate surface area is 118 Å². The number of carbonyl (C=O) groups excluding carboxylic acids is 1. The summed E-state index contributed by atoms with van der Waals surface area (Å²) in [5.41, 5.74) is 0.983. The highest BCUT2D eigenvalue weighted by molar-refractivity contribution is 5.91. The normalized spacial score (nSPS) is 12.4. The minimum absolute atomic E-state index is 0.164. The van der Waals surface area contributed by atoms with E-state index in [4.69, 9.17) is 9.15 Å². The van der Waals surface area contributed by atoms with Crippen LogP contribution >= 0.6 is 0 Å². The van der Waals surface area contributed by atoms with Crippen LogP contribution in [0.3, 0.4) is 0 Å². The van der Waals surface area contributed by atoms with Gasteiger partial charge in [-0.3, -0.25) is 4.79 Å². The molecule has 1 aromatic heterocycles. The maximum absolute atomic E-state index is 11.7. The molecule has 0 aliphatic carbocycles. The topological polar surface area (TPSA) is 51.5 Å². The lowest BCUT2D eigenvalue weighted by Crippen LogP contribution is -2.27. The van der Waals surface area contributed by atoms with E-state index in [0.29, 0.717) is 12.3 Å². The average molecular weight is 271 g/mol. The second-order valence-electron chi connectivity index (χ2n) is 4.23. The molecule has 1 heterocycles. The van der Waals surface area contributed by atoms with Crippen molar-refractivity contribution >= 4 is 12.0 Å². The fraction of sp³-hybridized carbons (Fsp3) is 0.188. The Kier molecular flexibility index (Phi) is 5.15. The lowest BCUT2D eigenvalue weighted by Gasteiger charge is -2.12. The zero-order valence-corrected chi connectivity index (χ0v) is 11.3. The molecule has 0 bridgehead atoms. The molecular weight excluding hydrogens is 254 g/mol. The molecule has 1 N–H and O–H groups in total. The highest BCUT2D eigenvalue weighted by Crippen LogP contribution is 2.15. The number of benzene rings is 1. The predicted molar refractivity (Wildman–Crippen MR) is 76.9 cm³/mol. The van der Waals surface area contributed by atoms with Gasteiger partial charge in [-0.05, 0) is 23.8 Å². The number of ether oxygens (including phenoxy) is 1. The van der Waals surface area contributed by atoms with Crippen LogP contribution < -0.4 is 5.32 Å². The van der Waals surface area contributed by atoms with E-state index in [9.17, 15) is 4.79 Å². The Morgan fingerprint density at radius 3 is 2.75 bits per heavy atom. The second-order valence-corrected chi connectivity index (χ2v) is 4.23. The molecule has 0 aliphatic rings. The minimum Gasteiger partial charge on any atom is -0.467 e. The Hall–Kier alpha value is -2.33. The highest BCUT2D eigenvalue weighted by atomic mass is 16.5. The zero-order valence-electron chi connectivity index (χ0n) is 11.3. The first-order valence-corrected chi connectivity index (χ1v) is 6.37. The number of nitrogens with one attached hydrogen (secondary N) is 1. The second kappa shape index (κ2) is 7.31. The summed E-state index contributed by atoms with van der Waals surface area (Å²) in [6, 6.07) is 13.3. The van der Waals surface area contributed by atoms with E-state index >= 15 is 0 Å². The van der Waals surface area contributed by atoms with Gasteiger partial charge in [0.25, 0.3) is 0 Å². The van der Waals surface area contributed by atoms with E-state index in [1.54, 1.807) is 25.5 Å². The minimum atomic E-state index is -0.279. The summed E-state index contributed by atoms with van der Waals surface area (Å²) in [4.78, 5) is 11.7. The maximum Gasteiger partial charge on any atom is 0.244 e. The fourth-order valence-corrected chi connectivity index (χ4v) is 1.76. The fourth-order valence-electron chi connectivity index (χ4n) is 1.76. The van der Waals surface area contributed by atoms with E-state index in [1.165, 1.54) is 6.08 Å². The Morgan fingerprint density at radius 2 is 2.10 bits per heavy atom. The van der Waals surface area contributed by atoms with Gasteiger partial charge in [-0.25, -0.2) is 0 Å². The lowest BCUT2D eigenvalue weighted by molar-refractivity contribution is -0.117. The Balaban J connectivity index is 1.84. The number of rotatable bonds is 6. The van der Waals surface area contributed by atoms with E-state index in [1.807, 2.05) is 36.4 Å². The molecule has 0 saturated carbocycles. The van der Waals surface area contributed by atoms with Crippen LogP contribution in [0.2, 0.25) is 0 Å². The SMILES string of the molecule is CO[C@H](CNC(=O)/C=C/c1ccccc1)c1ccco1. The third-order valence-electron chi connectivity index (χ3n) is 2.83. The number of hydrogen-bond donors (Lipinski definition) is 1. The van der Waals surface area contributed by atoms with Crippen molar-refractivity contribution in [3.63, 3.8) is 0 Å². The van der Waals surface area contributed by atoms with Crippen molar-refractivity contribution in [3.05, 3.63) is 66.1 Å². The first kappa shape index (κ1) is 14.1. The monoisotopic (exact) mass is 271 g/mol. The molecule has 1 amide bonds. The van der Waals surface area contributed by atoms with Crippen LogP contribution in [0.5, 0.6) is 0 Å². The summed E-state index contributed by atoms with van der Waals surface area (Å²) in [6.45, 7) is 0.363. The van der Waals surface area contributed by atoms with Gasteiger partial charge in [-0.15, -0.1) is 0 Å². The molecule has 2 aromatic rings. The van der Waals surface area contributed by atoms with Crippen LogP contribution in [-0.4, -0.2) is 19.6 Å². The molecule has 0 spiro atoms. The van der Waals surface area contributed by atoms with Crippen LogP contribution in [0.15, 0.2) is 59.2 Å². The molecule has 2 rings (SSSR count). The van der Waals surface area contributed by atoms with Gasteiger partial charge < -0.3 is 14.5 Å². The molecule has 0 fully saturated rings. The van der Waals surface area contributed by atoms with Crippen molar-refractivity contribution in [2.24, 2.45) is 0 Å². The summed E-state index contributed by atoms with van der Waals surface area (Å²) in [5, 5.41) is 2.78. The summed E-state index contributed by atoms with van der Waals surface area (Å²) < 4.78 is 10.5. The molecule has 1 atom stereocenters. The third kappa shape index (κ3) is 4.10. The summed E-state index contributed by atoms with van der Waals surface area (Å²) in [6.07, 6.45) is 4.58. The zero-order chi connectivity index (χ0) is 14.2. The molecule has 4 nitrogen and oxygen atoms in total. The number of methoxy groups -OCH3 is 1. The predicted octanol–water partition coefficient (Wildman–Crippen LogP) is 2.80. The van der Waals surface area contributed by atoms with Crippen molar-refractivity contribution in [1.29, 1.82) is 0 Å². The summed E-state index contributed by atoms with van der Waals surface area (Å²) in [7, 11) is 1.58. The standard InChI is InChI=1S/C16H17NO3/c1-19-15(14-8-5-11-20-14)12-17-16(18)10-9-13-6-3-2-4-7-13/h2-11,15H,12H2,1H3,(H,17,18)/b10-9+/t15-/m1/s1. The van der Waals surface area contributed by atoms with Crippen molar-refractivity contribution in [2.75, 3.05) is 13.7 Å². The molecule has 0 unspecified atom stereocenters. The molecule has 4 heteroatoms. The van der Waals surface area contributed by atoms with E-state index in [2.05, 4.69) is 5.32 Å². The van der Waals surface area contributed by atoms with Gasteiger partial charge in [0.1, 0.15) is 11.9 Å². The van der Waals surface area contributed by atoms with Gasteiger partial charge in [0, 0.05) is 13.2 Å². The molecule has 20 heavy (non-hydrogen) atoms. The number of hydrogen-bond acceptors (Lipinski definition) is 3.